The maximum absolute atomic E-state index is 13.2. The lowest BCUT2D eigenvalue weighted by atomic mass is 9.91. The second-order valence-corrected chi connectivity index (χ2v) is 6.95. The van der Waals surface area contributed by atoms with Crippen molar-refractivity contribution in [3.8, 4) is 0 Å². The summed E-state index contributed by atoms with van der Waals surface area (Å²) in [7, 11) is 0. The van der Waals surface area contributed by atoms with E-state index >= 15 is 0 Å². The second kappa shape index (κ2) is 8.09. The van der Waals surface area contributed by atoms with E-state index in [1.54, 1.807) is 12.1 Å². The highest BCUT2D eigenvalue weighted by atomic mass is 16.2. The maximum atomic E-state index is 13.2. The van der Waals surface area contributed by atoms with Gasteiger partial charge < -0.3 is 10.2 Å². The number of nitrogens with zero attached hydrogens (tertiary/aromatic N) is 1. The number of rotatable bonds is 5. The summed E-state index contributed by atoms with van der Waals surface area (Å²) in [5.74, 6) is -0.413. The smallest absolute Gasteiger partial charge is 0.251 e. The van der Waals surface area contributed by atoms with E-state index in [0.717, 1.165) is 11.3 Å². The van der Waals surface area contributed by atoms with E-state index in [4.69, 9.17) is 0 Å². The van der Waals surface area contributed by atoms with Crippen molar-refractivity contribution in [3.05, 3.63) is 102 Å². The van der Waals surface area contributed by atoms with Gasteiger partial charge in [0.25, 0.3) is 5.91 Å². The number of carbonyl (C=O) groups excluding carboxylic acids is 2. The molecule has 0 aliphatic carbocycles. The average molecular weight is 370 g/mol. The molecule has 0 spiro atoms. The highest BCUT2D eigenvalue weighted by Gasteiger charge is 2.39. The predicted molar refractivity (Wildman–Crippen MR) is 110 cm³/mol. The van der Waals surface area contributed by atoms with Crippen molar-refractivity contribution >= 4 is 17.5 Å². The number of hydrogen-bond acceptors (Lipinski definition) is 2. The molecule has 4 heteroatoms. The molecule has 140 valence electrons. The number of anilines is 1. The van der Waals surface area contributed by atoms with Crippen molar-refractivity contribution in [2.24, 2.45) is 5.92 Å². The minimum atomic E-state index is -0.366. The predicted octanol–water partition coefficient (Wildman–Crippen LogP) is 4.21. The molecule has 1 heterocycles. The minimum absolute atomic E-state index is 0.0495. The highest BCUT2D eigenvalue weighted by Crippen LogP contribution is 2.34. The number of carbonyl (C=O) groups is 2. The first-order valence-electron chi connectivity index (χ1n) is 9.51. The van der Waals surface area contributed by atoms with Crippen LogP contribution in [-0.2, 0) is 4.79 Å². The summed E-state index contributed by atoms with van der Waals surface area (Å²) in [4.78, 5) is 27.8. The normalized spacial score (nSPS) is 17.4. The van der Waals surface area contributed by atoms with Crippen LogP contribution < -0.4 is 10.2 Å². The lowest BCUT2D eigenvalue weighted by Gasteiger charge is -2.25. The highest BCUT2D eigenvalue weighted by molar-refractivity contribution is 5.99. The lowest BCUT2D eigenvalue weighted by molar-refractivity contribution is -0.121. The van der Waals surface area contributed by atoms with E-state index in [1.165, 1.54) is 0 Å². The largest absolute Gasteiger partial charge is 0.344 e. The van der Waals surface area contributed by atoms with E-state index in [2.05, 4.69) is 5.32 Å². The molecular formula is C24H22N2O2. The van der Waals surface area contributed by atoms with Crippen LogP contribution in [0.15, 0.2) is 91.0 Å². The Kier molecular flexibility index (Phi) is 5.20. The topological polar surface area (TPSA) is 49.4 Å². The van der Waals surface area contributed by atoms with E-state index in [9.17, 15) is 9.59 Å². The summed E-state index contributed by atoms with van der Waals surface area (Å²) < 4.78 is 0. The van der Waals surface area contributed by atoms with E-state index in [1.807, 2.05) is 83.8 Å². The molecule has 0 unspecified atom stereocenters. The molecule has 2 amide bonds. The number of nitrogens with one attached hydrogen (secondary N) is 1. The number of hydrogen-bond donors (Lipinski definition) is 1. The summed E-state index contributed by atoms with van der Waals surface area (Å²) in [6, 6.07) is 28.2. The van der Waals surface area contributed by atoms with Gasteiger partial charge in [0, 0.05) is 17.8 Å². The molecule has 0 saturated carbocycles. The van der Waals surface area contributed by atoms with Crippen molar-refractivity contribution in [3.63, 3.8) is 0 Å². The van der Waals surface area contributed by atoms with Crippen molar-refractivity contribution < 1.29 is 9.59 Å². The molecule has 1 saturated heterocycles. The SMILES string of the molecule is O=C(N[C@H](c1ccccc1)[C@@H]1CCN(c2ccccc2)C1=O)c1ccccc1. The van der Waals surface area contributed by atoms with Crippen LogP contribution >= 0.6 is 0 Å². The van der Waals surface area contributed by atoms with Crippen molar-refractivity contribution in [1.29, 1.82) is 0 Å². The van der Waals surface area contributed by atoms with Gasteiger partial charge in [-0.15, -0.1) is 0 Å². The molecular weight excluding hydrogens is 348 g/mol. The van der Waals surface area contributed by atoms with Crippen molar-refractivity contribution in [1.82, 2.24) is 5.32 Å². The molecule has 0 bridgehead atoms. The molecule has 1 aliphatic rings. The fourth-order valence-corrected chi connectivity index (χ4v) is 3.77. The van der Waals surface area contributed by atoms with Crippen LogP contribution in [0.5, 0.6) is 0 Å². The van der Waals surface area contributed by atoms with Crippen LogP contribution in [0.25, 0.3) is 0 Å². The molecule has 4 nitrogen and oxygen atoms in total. The molecule has 1 aliphatic heterocycles. The van der Waals surface area contributed by atoms with Crippen LogP contribution in [0.2, 0.25) is 0 Å². The molecule has 3 aromatic carbocycles. The van der Waals surface area contributed by atoms with E-state index in [0.29, 0.717) is 18.5 Å². The van der Waals surface area contributed by atoms with Gasteiger partial charge in [-0.05, 0) is 36.2 Å². The average Bonchev–Trinajstić information content (AvgIpc) is 3.15. The second-order valence-electron chi connectivity index (χ2n) is 6.95. The lowest BCUT2D eigenvalue weighted by Crippen LogP contribution is -2.37. The van der Waals surface area contributed by atoms with Gasteiger partial charge in [0.2, 0.25) is 5.91 Å². The Morgan fingerprint density at radius 2 is 1.43 bits per heavy atom. The third-order valence-electron chi connectivity index (χ3n) is 5.20. The number of para-hydroxylation sites is 1. The summed E-state index contributed by atoms with van der Waals surface area (Å²) in [5, 5.41) is 3.11. The van der Waals surface area contributed by atoms with Crippen LogP contribution in [0, 0.1) is 5.92 Å². The van der Waals surface area contributed by atoms with Gasteiger partial charge in [-0.2, -0.15) is 0 Å². The van der Waals surface area contributed by atoms with Gasteiger partial charge >= 0.3 is 0 Å². The van der Waals surface area contributed by atoms with Gasteiger partial charge in [-0.3, -0.25) is 9.59 Å². The van der Waals surface area contributed by atoms with Crippen LogP contribution in [0.3, 0.4) is 0 Å². The minimum Gasteiger partial charge on any atom is -0.344 e. The van der Waals surface area contributed by atoms with Gasteiger partial charge in [0.05, 0.1) is 12.0 Å². The van der Waals surface area contributed by atoms with Crippen LogP contribution in [0.4, 0.5) is 5.69 Å². The zero-order chi connectivity index (χ0) is 19.3. The standard InChI is InChI=1S/C24H22N2O2/c27-23(19-12-6-2-7-13-19)25-22(18-10-4-1-5-11-18)21-16-17-26(24(21)28)20-14-8-3-9-15-20/h1-15,21-22H,16-17H2,(H,25,27)/t21-,22+/m0/s1. The van der Waals surface area contributed by atoms with Crippen molar-refractivity contribution in [2.75, 3.05) is 11.4 Å². The summed E-state index contributed by atoms with van der Waals surface area (Å²) in [5.41, 5.74) is 2.44. The third kappa shape index (κ3) is 3.67. The zero-order valence-corrected chi connectivity index (χ0v) is 15.5. The first-order chi connectivity index (χ1) is 13.7. The Labute approximate surface area is 164 Å². The zero-order valence-electron chi connectivity index (χ0n) is 15.5. The molecule has 1 N–H and O–H groups in total. The molecule has 4 rings (SSSR count). The summed E-state index contributed by atoms with van der Waals surface area (Å²) in [6.45, 7) is 0.651. The Bertz CT molecular complexity index is 942. The Morgan fingerprint density at radius 1 is 0.857 bits per heavy atom. The van der Waals surface area contributed by atoms with Gasteiger partial charge in [0.1, 0.15) is 0 Å². The van der Waals surface area contributed by atoms with Crippen LogP contribution in [0.1, 0.15) is 28.4 Å². The maximum Gasteiger partial charge on any atom is 0.251 e. The fourth-order valence-electron chi connectivity index (χ4n) is 3.77. The van der Waals surface area contributed by atoms with Crippen molar-refractivity contribution in [2.45, 2.75) is 12.5 Å². The Balaban J connectivity index is 1.61. The molecule has 0 radical (unpaired) electrons. The van der Waals surface area contributed by atoms with Gasteiger partial charge in [0.15, 0.2) is 0 Å². The molecule has 0 aromatic heterocycles. The third-order valence-corrected chi connectivity index (χ3v) is 5.20. The summed E-state index contributed by atoms with van der Waals surface area (Å²) in [6.07, 6.45) is 0.697. The fraction of sp³-hybridized carbons (Fsp3) is 0.167. The Hall–Kier alpha value is -3.40. The molecule has 28 heavy (non-hydrogen) atoms. The molecule has 3 aromatic rings. The van der Waals surface area contributed by atoms with E-state index in [-0.39, 0.29) is 23.8 Å². The van der Waals surface area contributed by atoms with Gasteiger partial charge in [-0.25, -0.2) is 0 Å². The first kappa shape index (κ1) is 18.0. The van der Waals surface area contributed by atoms with Gasteiger partial charge in [-0.1, -0.05) is 66.7 Å². The van der Waals surface area contributed by atoms with E-state index < -0.39 is 0 Å². The number of amides is 2. The monoisotopic (exact) mass is 370 g/mol. The molecule has 2 atom stereocenters. The van der Waals surface area contributed by atoms with Crippen LogP contribution in [-0.4, -0.2) is 18.4 Å². The first-order valence-corrected chi connectivity index (χ1v) is 9.51. The molecule has 1 fully saturated rings. The summed E-state index contributed by atoms with van der Waals surface area (Å²) >= 11 is 0. The Morgan fingerprint density at radius 3 is 2.07 bits per heavy atom. The quantitative estimate of drug-likeness (QED) is 0.731. The number of benzene rings is 3.